The Labute approximate surface area is 186 Å². The number of amides is 1. The molecule has 0 aliphatic carbocycles. The molecule has 0 spiro atoms. The number of anilines is 1. The van der Waals surface area contributed by atoms with Gasteiger partial charge in [-0.15, -0.1) is 11.3 Å². The molecule has 0 saturated carbocycles. The summed E-state index contributed by atoms with van der Waals surface area (Å²) < 4.78 is 7.25. The maximum absolute atomic E-state index is 12.8. The van der Waals surface area contributed by atoms with Gasteiger partial charge in [-0.2, -0.15) is 0 Å². The molecule has 1 amide bonds. The summed E-state index contributed by atoms with van der Waals surface area (Å²) in [6, 6.07) is 12.1. The lowest BCUT2D eigenvalue weighted by molar-refractivity contribution is -0.0323. The van der Waals surface area contributed by atoms with E-state index in [2.05, 4.69) is 27.3 Å². The lowest BCUT2D eigenvalue weighted by atomic mass is 10.0. The molecule has 3 heterocycles. The molecule has 3 aromatic rings. The minimum Gasteiger partial charge on any atom is -0.395 e. The van der Waals surface area contributed by atoms with E-state index in [-0.39, 0.29) is 25.2 Å². The van der Waals surface area contributed by atoms with Gasteiger partial charge in [-0.1, -0.05) is 24.3 Å². The van der Waals surface area contributed by atoms with E-state index in [1.165, 1.54) is 16.9 Å². The molecule has 2 N–H and O–H groups in total. The summed E-state index contributed by atoms with van der Waals surface area (Å²) in [5.74, 6) is 0.809. The summed E-state index contributed by atoms with van der Waals surface area (Å²) in [6.07, 6.45) is 1.62. The maximum Gasteiger partial charge on any atom is 0.261 e. The fourth-order valence-corrected chi connectivity index (χ4v) is 5.19. The van der Waals surface area contributed by atoms with Crippen molar-refractivity contribution in [3.8, 4) is 0 Å². The highest BCUT2D eigenvalue weighted by Crippen LogP contribution is 2.38. The number of morpholine rings is 1. The van der Waals surface area contributed by atoms with Gasteiger partial charge in [0.25, 0.3) is 5.91 Å². The van der Waals surface area contributed by atoms with Crippen LogP contribution in [0, 0.1) is 0 Å². The van der Waals surface area contributed by atoms with Crippen LogP contribution in [0.5, 0.6) is 0 Å². The number of aliphatic hydroxyl groups excluding tert-OH is 1. The SMILES string of the molecule is CN(C)c1ncccc1CN1CCO[C@@H](c2c(C(=O)NCCO)sc3ccccc23)C1. The number of pyridine rings is 1. The Morgan fingerprint density at radius 1 is 1.32 bits per heavy atom. The van der Waals surface area contributed by atoms with E-state index in [0.717, 1.165) is 34.6 Å². The van der Waals surface area contributed by atoms with Gasteiger partial charge in [-0.3, -0.25) is 9.69 Å². The van der Waals surface area contributed by atoms with Gasteiger partial charge in [0.15, 0.2) is 0 Å². The monoisotopic (exact) mass is 440 g/mol. The van der Waals surface area contributed by atoms with Crippen LogP contribution >= 0.6 is 11.3 Å². The third-order valence-electron chi connectivity index (χ3n) is 5.40. The Morgan fingerprint density at radius 3 is 2.97 bits per heavy atom. The maximum atomic E-state index is 12.8. The third-order valence-corrected chi connectivity index (χ3v) is 6.58. The number of thiophene rings is 1. The van der Waals surface area contributed by atoms with Crippen LogP contribution in [-0.2, 0) is 11.3 Å². The number of nitrogens with one attached hydrogen (secondary N) is 1. The standard InChI is InChI=1S/C23H28N4O3S/c1-26(2)22-16(6-5-9-24-22)14-27-11-13-30-18(15-27)20-17-7-3-4-8-19(17)31-21(20)23(29)25-10-12-28/h3-9,18,28H,10-15H2,1-2H3,(H,25,29)/t18-/m1/s1. The van der Waals surface area contributed by atoms with E-state index in [1.807, 2.05) is 49.5 Å². The first kappa shape index (κ1) is 21.7. The number of carbonyl (C=O) groups excluding carboxylic acids is 1. The fraction of sp³-hybridized carbons (Fsp3) is 0.391. The number of benzene rings is 1. The third kappa shape index (κ3) is 4.72. The average molecular weight is 441 g/mol. The van der Waals surface area contributed by atoms with Crippen molar-refractivity contribution in [2.24, 2.45) is 0 Å². The van der Waals surface area contributed by atoms with Crippen LogP contribution in [0.4, 0.5) is 5.82 Å². The number of aromatic nitrogens is 1. The summed E-state index contributed by atoms with van der Waals surface area (Å²) in [7, 11) is 4.01. The normalized spacial score (nSPS) is 17.1. The van der Waals surface area contributed by atoms with E-state index in [4.69, 9.17) is 9.84 Å². The summed E-state index contributed by atoms with van der Waals surface area (Å²) in [5.41, 5.74) is 2.11. The molecule has 1 aliphatic rings. The van der Waals surface area contributed by atoms with Crippen LogP contribution in [0.2, 0.25) is 0 Å². The van der Waals surface area contributed by atoms with Gasteiger partial charge in [0.1, 0.15) is 5.82 Å². The Hall–Kier alpha value is -2.52. The van der Waals surface area contributed by atoms with Crippen LogP contribution < -0.4 is 10.2 Å². The van der Waals surface area contributed by atoms with Crippen molar-refractivity contribution in [3.05, 3.63) is 58.6 Å². The molecule has 4 rings (SSSR count). The second-order valence-corrected chi connectivity index (χ2v) is 8.85. The number of ether oxygens (including phenoxy) is 1. The van der Waals surface area contributed by atoms with Gasteiger partial charge in [0.2, 0.25) is 0 Å². The molecular weight excluding hydrogens is 412 g/mol. The largest absolute Gasteiger partial charge is 0.395 e. The number of carbonyl (C=O) groups is 1. The molecule has 1 aliphatic heterocycles. The zero-order valence-corrected chi connectivity index (χ0v) is 18.7. The Bertz CT molecular complexity index is 1050. The lowest BCUT2D eigenvalue weighted by Crippen LogP contribution is -2.38. The molecule has 1 aromatic carbocycles. The van der Waals surface area contributed by atoms with Crippen molar-refractivity contribution in [1.82, 2.24) is 15.2 Å². The summed E-state index contributed by atoms with van der Waals surface area (Å²) in [6.45, 7) is 3.05. The first-order valence-corrected chi connectivity index (χ1v) is 11.3. The van der Waals surface area contributed by atoms with Gasteiger partial charge < -0.3 is 20.1 Å². The van der Waals surface area contributed by atoms with Gasteiger partial charge in [-0.25, -0.2) is 4.98 Å². The van der Waals surface area contributed by atoms with Crippen molar-refractivity contribution < 1.29 is 14.6 Å². The molecule has 1 saturated heterocycles. The Morgan fingerprint density at radius 2 is 2.16 bits per heavy atom. The summed E-state index contributed by atoms with van der Waals surface area (Å²) >= 11 is 1.48. The first-order valence-electron chi connectivity index (χ1n) is 10.4. The van der Waals surface area contributed by atoms with Crippen LogP contribution in [0.3, 0.4) is 0 Å². The van der Waals surface area contributed by atoms with Crippen molar-refractivity contribution >= 4 is 33.1 Å². The van der Waals surface area contributed by atoms with E-state index in [1.54, 1.807) is 0 Å². The van der Waals surface area contributed by atoms with Crippen LogP contribution in [0.15, 0.2) is 42.6 Å². The molecule has 31 heavy (non-hydrogen) atoms. The molecule has 7 nitrogen and oxygen atoms in total. The summed E-state index contributed by atoms with van der Waals surface area (Å²) in [5, 5.41) is 13.0. The highest BCUT2D eigenvalue weighted by molar-refractivity contribution is 7.21. The molecule has 1 fully saturated rings. The first-order chi connectivity index (χ1) is 15.1. The number of aliphatic hydroxyl groups is 1. The van der Waals surface area contributed by atoms with Crippen LogP contribution in [0.25, 0.3) is 10.1 Å². The number of hydrogen-bond acceptors (Lipinski definition) is 7. The van der Waals surface area contributed by atoms with Gasteiger partial charge in [0, 0.05) is 62.3 Å². The molecule has 1 atom stereocenters. The summed E-state index contributed by atoms with van der Waals surface area (Å²) in [4.78, 5) is 22.4. The molecule has 2 aromatic heterocycles. The van der Waals surface area contributed by atoms with Gasteiger partial charge in [0.05, 0.1) is 24.2 Å². The lowest BCUT2D eigenvalue weighted by Gasteiger charge is -2.34. The molecule has 0 radical (unpaired) electrons. The van der Waals surface area contributed by atoms with E-state index in [0.29, 0.717) is 18.0 Å². The number of rotatable bonds is 7. The predicted octanol–water partition coefficient (Wildman–Crippen LogP) is 2.66. The molecule has 8 heteroatoms. The average Bonchev–Trinajstić information content (AvgIpc) is 3.17. The molecule has 0 bridgehead atoms. The van der Waals surface area contributed by atoms with Crippen LogP contribution in [-0.4, -0.2) is 67.8 Å². The Kier molecular flexibility index (Phi) is 6.82. The van der Waals surface area contributed by atoms with E-state index < -0.39 is 0 Å². The van der Waals surface area contributed by atoms with Crippen molar-refractivity contribution in [2.45, 2.75) is 12.6 Å². The van der Waals surface area contributed by atoms with Gasteiger partial charge in [-0.05, 0) is 17.5 Å². The zero-order chi connectivity index (χ0) is 21.8. The number of hydrogen-bond donors (Lipinski definition) is 2. The minimum absolute atomic E-state index is 0.0843. The molecule has 164 valence electrons. The minimum atomic E-state index is -0.195. The topological polar surface area (TPSA) is 77.9 Å². The van der Waals surface area contributed by atoms with E-state index in [9.17, 15) is 4.79 Å². The fourth-order valence-electron chi connectivity index (χ4n) is 4.02. The predicted molar refractivity (Wildman–Crippen MR) is 124 cm³/mol. The van der Waals surface area contributed by atoms with Crippen LogP contribution in [0.1, 0.15) is 26.9 Å². The van der Waals surface area contributed by atoms with Crippen molar-refractivity contribution in [2.75, 3.05) is 51.8 Å². The quantitative estimate of drug-likeness (QED) is 0.588. The Balaban J connectivity index is 1.62. The van der Waals surface area contributed by atoms with Gasteiger partial charge >= 0.3 is 0 Å². The molecule has 0 unspecified atom stereocenters. The zero-order valence-electron chi connectivity index (χ0n) is 17.9. The number of fused-ring (bicyclic) bond motifs is 1. The van der Waals surface area contributed by atoms with Crippen molar-refractivity contribution in [1.29, 1.82) is 0 Å². The second kappa shape index (κ2) is 9.74. The van der Waals surface area contributed by atoms with E-state index >= 15 is 0 Å². The molecular formula is C23H28N4O3S. The second-order valence-electron chi connectivity index (χ2n) is 7.80. The highest BCUT2D eigenvalue weighted by Gasteiger charge is 2.30. The smallest absolute Gasteiger partial charge is 0.261 e. The number of nitrogens with zero attached hydrogens (tertiary/aromatic N) is 3. The highest BCUT2D eigenvalue weighted by atomic mass is 32.1. The van der Waals surface area contributed by atoms with Crippen molar-refractivity contribution in [3.63, 3.8) is 0 Å².